The van der Waals surface area contributed by atoms with E-state index in [4.69, 9.17) is 26.8 Å². The molecule has 0 spiro atoms. The summed E-state index contributed by atoms with van der Waals surface area (Å²) in [4.78, 5) is 11.9. The van der Waals surface area contributed by atoms with Crippen molar-refractivity contribution in [2.45, 2.75) is 5.88 Å². The molecule has 0 bridgehead atoms. The van der Waals surface area contributed by atoms with Crippen molar-refractivity contribution in [2.75, 3.05) is 37.5 Å². The number of para-hydroxylation sites is 1. The van der Waals surface area contributed by atoms with Crippen LogP contribution in [0.3, 0.4) is 0 Å². The molecule has 3 rings (SSSR count). The maximum atomic E-state index is 5.64. The summed E-state index contributed by atoms with van der Waals surface area (Å²) in [6, 6.07) is 9.56. The van der Waals surface area contributed by atoms with Crippen LogP contribution in [0.1, 0.15) is 5.82 Å². The molecule has 22 heavy (non-hydrogen) atoms. The van der Waals surface area contributed by atoms with E-state index in [-0.39, 0.29) is 11.8 Å². The third-order valence-corrected chi connectivity index (χ3v) is 2.83. The van der Waals surface area contributed by atoms with Gasteiger partial charge in [-0.3, -0.25) is 0 Å². The van der Waals surface area contributed by atoms with Crippen molar-refractivity contribution in [1.82, 2.24) is 15.0 Å². The second-order valence-electron chi connectivity index (χ2n) is 4.28. The number of rotatable bonds is 3. The van der Waals surface area contributed by atoms with Crippen LogP contribution in [0.15, 0.2) is 30.3 Å². The van der Waals surface area contributed by atoms with E-state index in [2.05, 4.69) is 20.3 Å². The lowest BCUT2D eigenvalue weighted by atomic mass is 10.3. The highest BCUT2D eigenvalue weighted by molar-refractivity contribution is 6.16. The van der Waals surface area contributed by atoms with Crippen LogP contribution in [0.25, 0.3) is 0 Å². The number of aromatic nitrogens is 3. The molecule has 0 unspecified atom stereocenters. The molecule has 1 aromatic heterocycles. The van der Waals surface area contributed by atoms with E-state index in [1.807, 2.05) is 30.3 Å². The summed E-state index contributed by atoms with van der Waals surface area (Å²) < 4.78 is 9.89. The molecule has 2 heterocycles. The fraction of sp³-hybridized carbons (Fsp3) is 0.357. The van der Waals surface area contributed by atoms with Crippen molar-refractivity contribution < 1.29 is 9.47 Å². The van der Waals surface area contributed by atoms with Gasteiger partial charge in [0.05, 0.1) is 32.3 Å². The van der Waals surface area contributed by atoms with Crippen LogP contribution in [0.5, 0.6) is 0 Å². The number of anilines is 3. The lowest BCUT2D eigenvalue weighted by Gasteiger charge is -2.09. The first-order valence-electron chi connectivity index (χ1n) is 6.82. The molecule has 8 heteroatoms. The Morgan fingerprint density at radius 1 is 1.00 bits per heavy atom. The maximum Gasteiger partial charge on any atom is 0.232 e. The number of hydrogen-bond acceptors (Lipinski definition) is 7. The first kappa shape index (κ1) is 16.4. The average molecular weight is 324 g/mol. The second-order valence-corrected chi connectivity index (χ2v) is 4.55. The van der Waals surface area contributed by atoms with Gasteiger partial charge in [-0.1, -0.05) is 18.2 Å². The Kier molecular flexibility index (Phi) is 6.82. The highest BCUT2D eigenvalue weighted by Gasteiger charge is 2.03. The standard InChI is InChI=1S/C10H10ClN5.C4H8O2/c11-6-8-14-9(12)16-10(15-8)13-7-4-2-1-3-5-7;1-2-6-4-3-5-1/h1-5H,6H2,(H3,12,13,14,15,16);1-4H2. The minimum Gasteiger partial charge on any atom is -0.377 e. The fourth-order valence-corrected chi connectivity index (χ4v) is 1.76. The molecule has 1 aliphatic heterocycles. The number of alkyl halides is 1. The zero-order valence-corrected chi connectivity index (χ0v) is 12.8. The van der Waals surface area contributed by atoms with Crippen LogP contribution in [-0.4, -0.2) is 41.4 Å². The monoisotopic (exact) mass is 323 g/mol. The quantitative estimate of drug-likeness (QED) is 0.834. The average Bonchev–Trinajstić information content (AvgIpc) is 2.57. The Morgan fingerprint density at radius 2 is 1.64 bits per heavy atom. The van der Waals surface area contributed by atoms with Gasteiger partial charge in [0, 0.05) is 5.69 Å². The van der Waals surface area contributed by atoms with Crippen LogP contribution in [0, 0.1) is 0 Å². The van der Waals surface area contributed by atoms with Crippen molar-refractivity contribution in [1.29, 1.82) is 0 Å². The predicted molar refractivity (Wildman–Crippen MR) is 85.2 cm³/mol. The predicted octanol–water partition coefficient (Wildman–Crippen LogP) is 1.97. The molecule has 118 valence electrons. The summed E-state index contributed by atoms with van der Waals surface area (Å²) in [6.45, 7) is 3.11. The largest absolute Gasteiger partial charge is 0.377 e. The lowest BCUT2D eigenvalue weighted by Crippen LogP contribution is -2.16. The fourth-order valence-electron chi connectivity index (χ4n) is 1.64. The summed E-state index contributed by atoms with van der Waals surface area (Å²) in [5, 5.41) is 3.02. The minimum atomic E-state index is 0.157. The van der Waals surface area contributed by atoms with Crippen LogP contribution < -0.4 is 11.1 Å². The summed E-state index contributed by atoms with van der Waals surface area (Å²) in [7, 11) is 0. The molecule has 1 fully saturated rings. The third kappa shape index (κ3) is 5.80. The Morgan fingerprint density at radius 3 is 2.18 bits per heavy atom. The number of halogens is 1. The smallest absolute Gasteiger partial charge is 0.232 e. The molecular formula is C14H18ClN5O2. The lowest BCUT2D eigenvalue weighted by molar-refractivity contribution is -0.0334. The first-order chi connectivity index (χ1) is 10.8. The number of nitrogens with one attached hydrogen (secondary N) is 1. The molecule has 2 aromatic rings. The SMILES string of the molecule is C1COCCO1.Nc1nc(CCl)nc(Nc2ccccc2)n1. The van der Waals surface area contributed by atoms with Crippen molar-refractivity contribution in [3.05, 3.63) is 36.2 Å². The van der Waals surface area contributed by atoms with Crippen molar-refractivity contribution >= 4 is 29.2 Å². The van der Waals surface area contributed by atoms with Gasteiger partial charge in [-0.2, -0.15) is 15.0 Å². The molecular weight excluding hydrogens is 306 g/mol. The third-order valence-electron chi connectivity index (χ3n) is 2.59. The Balaban J connectivity index is 0.000000246. The van der Waals surface area contributed by atoms with Crippen molar-refractivity contribution in [3.8, 4) is 0 Å². The Labute approximate surface area is 133 Å². The maximum absolute atomic E-state index is 5.64. The molecule has 3 N–H and O–H groups in total. The molecule has 1 aliphatic rings. The number of nitrogen functional groups attached to an aromatic ring is 1. The summed E-state index contributed by atoms with van der Waals surface area (Å²) >= 11 is 5.64. The summed E-state index contributed by atoms with van der Waals surface area (Å²) in [5.41, 5.74) is 6.41. The van der Waals surface area contributed by atoms with Gasteiger partial charge in [-0.25, -0.2) is 0 Å². The van der Waals surface area contributed by atoms with Crippen LogP contribution in [0.2, 0.25) is 0 Å². The van der Waals surface area contributed by atoms with E-state index < -0.39 is 0 Å². The van der Waals surface area contributed by atoms with Gasteiger partial charge in [0.1, 0.15) is 0 Å². The number of benzene rings is 1. The van der Waals surface area contributed by atoms with E-state index in [0.717, 1.165) is 32.1 Å². The van der Waals surface area contributed by atoms with E-state index in [9.17, 15) is 0 Å². The van der Waals surface area contributed by atoms with Crippen LogP contribution >= 0.6 is 11.6 Å². The molecule has 1 aromatic carbocycles. The number of ether oxygens (including phenoxy) is 2. The minimum absolute atomic E-state index is 0.157. The van der Waals surface area contributed by atoms with Gasteiger partial charge in [-0.05, 0) is 12.1 Å². The first-order valence-corrected chi connectivity index (χ1v) is 7.35. The van der Waals surface area contributed by atoms with Gasteiger partial charge in [0.2, 0.25) is 11.9 Å². The van der Waals surface area contributed by atoms with Gasteiger partial charge < -0.3 is 20.5 Å². The molecule has 7 nitrogen and oxygen atoms in total. The Hall–Kier alpha value is -1.96. The normalized spacial score (nSPS) is 13.9. The molecule has 0 radical (unpaired) electrons. The zero-order valence-electron chi connectivity index (χ0n) is 12.0. The zero-order chi connectivity index (χ0) is 15.6. The van der Waals surface area contributed by atoms with E-state index >= 15 is 0 Å². The van der Waals surface area contributed by atoms with Gasteiger partial charge in [-0.15, -0.1) is 11.6 Å². The number of nitrogens with two attached hydrogens (primary N) is 1. The topological polar surface area (TPSA) is 95.2 Å². The molecule has 0 atom stereocenters. The van der Waals surface area contributed by atoms with Crippen molar-refractivity contribution in [2.24, 2.45) is 0 Å². The number of nitrogens with zero attached hydrogens (tertiary/aromatic N) is 3. The second kappa shape index (κ2) is 9.14. The van der Waals surface area contributed by atoms with E-state index in [1.165, 1.54) is 0 Å². The highest BCUT2D eigenvalue weighted by Crippen LogP contribution is 2.12. The molecule has 0 aliphatic carbocycles. The highest BCUT2D eigenvalue weighted by atomic mass is 35.5. The van der Waals surface area contributed by atoms with Crippen LogP contribution in [0.4, 0.5) is 17.6 Å². The van der Waals surface area contributed by atoms with Gasteiger partial charge in [0.25, 0.3) is 0 Å². The van der Waals surface area contributed by atoms with E-state index in [0.29, 0.717) is 11.8 Å². The summed E-state index contributed by atoms with van der Waals surface area (Å²) in [6.07, 6.45) is 0. The van der Waals surface area contributed by atoms with Crippen molar-refractivity contribution in [3.63, 3.8) is 0 Å². The van der Waals surface area contributed by atoms with Gasteiger partial charge in [0.15, 0.2) is 5.82 Å². The van der Waals surface area contributed by atoms with Gasteiger partial charge >= 0.3 is 0 Å². The number of hydrogen-bond donors (Lipinski definition) is 2. The molecule has 1 saturated heterocycles. The molecule has 0 saturated carbocycles. The molecule has 0 amide bonds. The Bertz CT molecular complexity index is 555. The van der Waals surface area contributed by atoms with Crippen LogP contribution in [-0.2, 0) is 15.4 Å². The summed E-state index contributed by atoms with van der Waals surface area (Å²) in [5.74, 6) is 1.21. The van der Waals surface area contributed by atoms with E-state index in [1.54, 1.807) is 0 Å².